The molecule has 9 heteroatoms. The van der Waals surface area contributed by atoms with Crippen molar-refractivity contribution in [2.45, 2.75) is 13.0 Å². The largest absolute Gasteiger partial charge is 0.574 e. The molecule has 0 saturated carbocycles. The molecule has 0 spiro atoms. The predicted molar refractivity (Wildman–Crippen MR) is 55.4 cm³/mol. The maximum absolute atomic E-state index is 12.4. The van der Waals surface area contributed by atoms with E-state index in [2.05, 4.69) is 9.72 Å². The molecule has 1 N–H and O–H groups in total. The van der Waals surface area contributed by atoms with Crippen LogP contribution in [0.25, 0.3) is 0 Å². The molecule has 94 valence electrons. The number of aromatic nitrogens is 1. The van der Waals surface area contributed by atoms with Crippen LogP contribution in [0.4, 0.5) is 17.6 Å². The standard InChI is InChI=1S/C8H4F4INO3/c9-2-3-1-4(7(15)16)6(14-5(3)13)17-8(10,11)12/h1H,2H2,(H,15,16). The number of rotatable bonds is 3. The fraction of sp³-hybridized carbons (Fsp3) is 0.250. The van der Waals surface area contributed by atoms with Gasteiger partial charge in [-0.1, -0.05) is 0 Å². The zero-order valence-corrected chi connectivity index (χ0v) is 10.0. The van der Waals surface area contributed by atoms with Gasteiger partial charge in [0, 0.05) is 5.56 Å². The number of pyridine rings is 1. The Hall–Kier alpha value is -1.13. The molecule has 0 radical (unpaired) electrons. The number of halogens is 5. The Balaban J connectivity index is 3.28. The molecule has 1 aromatic rings. The zero-order chi connectivity index (χ0) is 13.2. The Bertz CT molecular complexity index is 449. The lowest BCUT2D eigenvalue weighted by atomic mass is 10.2. The lowest BCUT2D eigenvalue weighted by Crippen LogP contribution is -2.20. The molecule has 0 aliphatic rings. The van der Waals surface area contributed by atoms with Crippen LogP contribution >= 0.6 is 22.6 Å². The van der Waals surface area contributed by atoms with Crippen LogP contribution in [0.1, 0.15) is 15.9 Å². The molecule has 0 aliphatic heterocycles. The first-order chi connectivity index (χ1) is 7.74. The van der Waals surface area contributed by atoms with E-state index in [1.165, 1.54) is 22.6 Å². The molecule has 17 heavy (non-hydrogen) atoms. The topological polar surface area (TPSA) is 59.4 Å². The van der Waals surface area contributed by atoms with E-state index in [9.17, 15) is 22.4 Å². The Labute approximate surface area is 106 Å². The summed E-state index contributed by atoms with van der Waals surface area (Å²) in [6.45, 7) is -1.03. The Kier molecular flexibility index (Phi) is 4.11. The minimum absolute atomic E-state index is 0.0886. The molecule has 0 bridgehead atoms. The second-order valence-electron chi connectivity index (χ2n) is 2.78. The van der Waals surface area contributed by atoms with Gasteiger partial charge in [0.25, 0.3) is 0 Å². The maximum atomic E-state index is 12.4. The van der Waals surface area contributed by atoms with Gasteiger partial charge in [-0.15, -0.1) is 13.2 Å². The van der Waals surface area contributed by atoms with Crippen LogP contribution in [0.15, 0.2) is 6.07 Å². The van der Waals surface area contributed by atoms with Crippen molar-refractivity contribution in [1.29, 1.82) is 0 Å². The van der Waals surface area contributed by atoms with E-state index in [0.29, 0.717) is 0 Å². The van der Waals surface area contributed by atoms with Crippen LogP contribution in [0.2, 0.25) is 0 Å². The third-order valence-electron chi connectivity index (χ3n) is 1.60. The van der Waals surface area contributed by atoms with Crippen molar-refractivity contribution in [3.63, 3.8) is 0 Å². The summed E-state index contributed by atoms with van der Waals surface area (Å²) >= 11 is 1.49. The second kappa shape index (κ2) is 5.02. The summed E-state index contributed by atoms with van der Waals surface area (Å²) < 4.78 is 51.7. The van der Waals surface area contributed by atoms with Crippen LogP contribution in [0.5, 0.6) is 5.88 Å². The van der Waals surface area contributed by atoms with Gasteiger partial charge in [0.05, 0.1) is 0 Å². The van der Waals surface area contributed by atoms with Crippen molar-refractivity contribution in [1.82, 2.24) is 4.98 Å². The summed E-state index contributed by atoms with van der Waals surface area (Å²) in [5.41, 5.74) is -0.951. The third kappa shape index (κ3) is 3.68. The lowest BCUT2D eigenvalue weighted by molar-refractivity contribution is -0.276. The molecule has 4 nitrogen and oxygen atoms in total. The van der Waals surface area contributed by atoms with Gasteiger partial charge in [-0.05, 0) is 28.7 Å². The first-order valence-electron chi connectivity index (χ1n) is 3.99. The highest BCUT2D eigenvalue weighted by molar-refractivity contribution is 14.1. The van der Waals surface area contributed by atoms with Gasteiger partial charge < -0.3 is 9.84 Å². The SMILES string of the molecule is O=C(O)c1cc(CF)c(I)nc1OC(F)(F)F. The second-order valence-corrected chi connectivity index (χ2v) is 3.80. The van der Waals surface area contributed by atoms with Crippen LogP contribution in [0.3, 0.4) is 0 Å². The van der Waals surface area contributed by atoms with Crippen molar-refractivity contribution in [3.05, 3.63) is 20.9 Å². The van der Waals surface area contributed by atoms with Crippen LogP contribution in [-0.2, 0) is 6.67 Å². The molecule has 1 aromatic heterocycles. The van der Waals surface area contributed by atoms with Gasteiger partial charge in [-0.2, -0.15) is 0 Å². The maximum Gasteiger partial charge on any atom is 0.574 e. The molecule has 0 unspecified atom stereocenters. The molecule has 0 atom stereocenters. The normalized spacial score (nSPS) is 11.4. The fourth-order valence-corrected chi connectivity index (χ4v) is 1.47. The van der Waals surface area contributed by atoms with Crippen molar-refractivity contribution >= 4 is 28.6 Å². The highest BCUT2D eigenvalue weighted by Gasteiger charge is 2.34. The lowest BCUT2D eigenvalue weighted by Gasteiger charge is -2.11. The van der Waals surface area contributed by atoms with E-state index in [4.69, 9.17) is 5.11 Å². The minimum Gasteiger partial charge on any atom is -0.477 e. The van der Waals surface area contributed by atoms with Crippen LogP contribution in [0, 0.1) is 3.70 Å². The molecule has 0 aliphatic carbocycles. The summed E-state index contributed by atoms with van der Waals surface area (Å²) in [6, 6.07) is 0.762. The summed E-state index contributed by atoms with van der Waals surface area (Å²) in [4.78, 5) is 13.9. The monoisotopic (exact) mass is 365 g/mol. The van der Waals surface area contributed by atoms with E-state index in [0.717, 1.165) is 6.07 Å². The molecule has 0 saturated heterocycles. The first-order valence-corrected chi connectivity index (χ1v) is 5.07. The summed E-state index contributed by atoms with van der Waals surface area (Å²) in [6.07, 6.45) is -5.06. The van der Waals surface area contributed by atoms with E-state index < -0.39 is 30.4 Å². The van der Waals surface area contributed by atoms with Gasteiger partial charge >= 0.3 is 12.3 Å². The number of nitrogens with zero attached hydrogens (tertiary/aromatic N) is 1. The Morgan fingerprint density at radius 2 is 2.12 bits per heavy atom. The van der Waals surface area contributed by atoms with Crippen LogP contribution in [-0.4, -0.2) is 22.4 Å². The molecule has 0 fully saturated rings. The van der Waals surface area contributed by atoms with E-state index in [1.54, 1.807) is 0 Å². The number of ether oxygens (including phenoxy) is 1. The summed E-state index contributed by atoms with van der Waals surface area (Å²) in [5, 5.41) is 8.66. The zero-order valence-electron chi connectivity index (χ0n) is 7.89. The van der Waals surface area contributed by atoms with Crippen molar-refractivity contribution in [2.24, 2.45) is 0 Å². The predicted octanol–water partition coefficient (Wildman–Crippen LogP) is 2.75. The van der Waals surface area contributed by atoms with Gasteiger partial charge in [0.1, 0.15) is 15.9 Å². The third-order valence-corrected chi connectivity index (χ3v) is 2.53. The van der Waals surface area contributed by atoms with E-state index in [1.807, 2.05) is 0 Å². The number of hydrogen-bond donors (Lipinski definition) is 1. The van der Waals surface area contributed by atoms with Gasteiger partial charge in [-0.25, -0.2) is 14.2 Å². The van der Waals surface area contributed by atoms with Gasteiger partial charge in [-0.3, -0.25) is 0 Å². The number of alkyl halides is 4. The Morgan fingerprint density at radius 1 is 1.53 bits per heavy atom. The molecular formula is C8H4F4INO3. The quantitative estimate of drug-likeness (QED) is 0.509. The molecule has 1 heterocycles. The fourth-order valence-electron chi connectivity index (χ4n) is 0.951. The van der Waals surface area contributed by atoms with Gasteiger partial charge in [0.15, 0.2) is 0 Å². The van der Waals surface area contributed by atoms with Crippen molar-refractivity contribution in [2.75, 3.05) is 0 Å². The van der Waals surface area contributed by atoms with Crippen molar-refractivity contribution < 1.29 is 32.2 Å². The smallest absolute Gasteiger partial charge is 0.477 e. The average Bonchev–Trinajstić information content (AvgIpc) is 2.14. The number of carbonyl (C=O) groups is 1. The number of carboxylic acid groups (broad SMARTS) is 1. The summed E-state index contributed by atoms with van der Waals surface area (Å²) in [7, 11) is 0. The van der Waals surface area contributed by atoms with Crippen molar-refractivity contribution in [3.8, 4) is 5.88 Å². The molecule has 0 aromatic carbocycles. The Morgan fingerprint density at radius 3 is 2.53 bits per heavy atom. The average molecular weight is 365 g/mol. The highest BCUT2D eigenvalue weighted by Crippen LogP contribution is 2.27. The first kappa shape index (κ1) is 13.9. The highest BCUT2D eigenvalue weighted by atomic mass is 127. The minimum atomic E-state index is -5.06. The van der Waals surface area contributed by atoms with E-state index >= 15 is 0 Å². The van der Waals surface area contributed by atoms with Crippen LogP contribution < -0.4 is 4.74 Å². The molecule has 0 amide bonds. The number of aromatic carboxylic acids is 1. The molecular weight excluding hydrogens is 361 g/mol. The number of carboxylic acids is 1. The number of hydrogen-bond acceptors (Lipinski definition) is 3. The summed E-state index contributed by atoms with van der Waals surface area (Å²) in [5.74, 6) is -2.78. The van der Waals surface area contributed by atoms with E-state index in [-0.39, 0.29) is 9.26 Å². The van der Waals surface area contributed by atoms with Gasteiger partial charge in [0.2, 0.25) is 5.88 Å². The molecule has 1 rings (SSSR count).